The van der Waals surface area contributed by atoms with E-state index in [1.807, 2.05) is 0 Å². The number of hydrogen-bond acceptors (Lipinski definition) is 2. The van der Waals surface area contributed by atoms with Crippen LogP contribution in [0.2, 0.25) is 0 Å². The van der Waals surface area contributed by atoms with Crippen LogP contribution >= 0.6 is 0 Å². The Morgan fingerprint density at radius 1 is 1.29 bits per heavy atom. The van der Waals surface area contributed by atoms with Gasteiger partial charge in [-0.3, -0.25) is 4.90 Å². The van der Waals surface area contributed by atoms with Gasteiger partial charge in [0.15, 0.2) is 0 Å². The van der Waals surface area contributed by atoms with Crippen molar-refractivity contribution in [3.8, 4) is 0 Å². The molecule has 0 bridgehead atoms. The molecule has 1 aromatic carbocycles. The van der Waals surface area contributed by atoms with Gasteiger partial charge in [0, 0.05) is 25.2 Å². The molecule has 2 heteroatoms. The fraction of sp³-hybridized carbons (Fsp3) is 0.600. The smallest absolute Gasteiger partial charge is 0.0441 e. The minimum Gasteiger partial charge on any atom is -0.323 e. The monoisotopic (exact) mass is 230 g/mol. The van der Waals surface area contributed by atoms with Crippen LogP contribution in [-0.2, 0) is 6.54 Å². The third-order valence-corrected chi connectivity index (χ3v) is 4.32. The Bertz CT molecular complexity index is 429. The lowest BCUT2D eigenvalue weighted by molar-refractivity contribution is 0.0476. The van der Waals surface area contributed by atoms with Gasteiger partial charge in [-0.1, -0.05) is 23.8 Å². The summed E-state index contributed by atoms with van der Waals surface area (Å²) in [5.41, 5.74) is 10.7. The molecule has 0 spiro atoms. The fourth-order valence-electron chi connectivity index (χ4n) is 3.03. The van der Waals surface area contributed by atoms with E-state index in [2.05, 4.69) is 36.9 Å². The molecule has 2 nitrogen and oxygen atoms in total. The molecule has 1 saturated carbocycles. The van der Waals surface area contributed by atoms with Gasteiger partial charge in [-0.05, 0) is 43.7 Å². The van der Waals surface area contributed by atoms with Crippen LogP contribution in [0.1, 0.15) is 29.5 Å². The molecule has 1 saturated heterocycles. The van der Waals surface area contributed by atoms with Gasteiger partial charge in [0.1, 0.15) is 0 Å². The van der Waals surface area contributed by atoms with Crippen molar-refractivity contribution in [2.24, 2.45) is 11.7 Å². The highest BCUT2D eigenvalue weighted by atomic mass is 15.3. The summed E-state index contributed by atoms with van der Waals surface area (Å²) in [5.74, 6) is 0.817. The molecular formula is C15H22N2. The zero-order chi connectivity index (χ0) is 12.0. The summed E-state index contributed by atoms with van der Waals surface area (Å²) in [6.07, 6.45) is 2.71. The Morgan fingerprint density at radius 2 is 2.00 bits per heavy atom. The molecule has 17 heavy (non-hydrogen) atoms. The number of nitrogens with zero attached hydrogens (tertiary/aromatic N) is 1. The number of rotatable bonds is 3. The van der Waals surface area contributed by atoms with E-state index in [-0.39, 0.29) is 5.54 Å². The molecule has 1 aliphatic carbocycles. The molecule has 1 aliphatic heterocycles. The quantitative estimate of drug-likeness (QED) is 0.862. The first-order valence-electron chi connectivity index (χ1n) is 6.64. The van der Waals surface area contributed by atoms with Crippen LogP contribution in [0.25, 0.3) is 0 Å². The summed E-state index contributed by atoms with van der Waals surface area (Å²) < 4.78 is 0. The van der Waals surface area contributed by atoms with Crippen molar-refractivity contribution in [2.75, 3.05) is 13.1 Å². The molecule has 2 fully saturated rings. The summed E-state index contributed by atoms with van der Waals surface area (Å²) in [6, 6.07) is 6.72. The molecule has 0 aromatic heterocycles. The molecule has 92 valence electrons. The number of benzene rings is 1. The summed E-state index contributed by atoms with van der Waals surface area (Å²) in [4.78, 5) is 2.49. The van der Waals surface area contributed by atoms with E-state index in [9.17, 15) is 0 Å². The highest BCUT2D eigenvalue weighted by Crippen LogP contribution is 2.43. The SMILES string of the molecule is Cc1ccc(C)c(CN2CC(N)(C3CC3)C2)c1. The van der Waals surface area contributed by atoms with Crippen molar-refractivity contribution >= 4 is 0 Å². The Labute approximate surface area is 104 Å². The van der Waals surface area contributed by atoms with Gasteiger partial charge in [0.05, 0.1) is 0 Å². The highest BCUT2D eigenvalue weighted by molar-refractivity contribution is 5.30. The first-order valence-corrected chi connectivity index (χ1v) is 6.64. The van der Waals surface area contributed by atoms with E-state index in [0.29, 0.717) is 0 Å². The Kier molecular flexibility index (Phi) is 2.53. The largest absolute Gasteiger partial charge is 0.323 e. The minimum absolute atomic E-state index is 0.151. The molecule has 0 radical (unpaired) electrons. The van der Waals surface area contributed by atoms with E-state index in [1.54, 1.807) is 0 Å². The maximum atomic E-state index is 6.38. The molecule has 3 rings (SSSR count). The van der Waals surface area contributed by atoms with Crippen LogP contribution in [0.3, 0.4) is 0 Å². The van der Waals surface area contributed by atoms with Crippen molar-refractivity contribution < 1.29 is 0 Å². The molecule has 0 atom stereocenters. The van der Waals surface area contributed by atoms with Crippen LogP contribution in [0.15, 0.2) is 18.2 Å². The van der Waals surface area contributed by atoms with Gasteiger partial charge in [-0.15, -0.1) is 0 Å². The molecule has 2 aliphatic rings. The second-order valence-corrected chi connectivity index (χ2v) is 6.08. The number of likely N-dealkylation sites (tertiary alicyclic amines) is 1. The van der Waals surface area contributed by atoms with Crippen molar-refractivity contribution in [3.05, 3.63) is 34.9 Å². The van der Waals surface area contributed by atoms with Gasteiger partial charge in [-0.25, -0.2) is 0 Å². The van der Waals surface area contributed by atoms with Crippen LogP contribution in [0.5, 0.6) is 0 Å². The lowest BCUT2D eigenvalue weighted by Gasteiger charge is -2.48. The highest BCUT2D eigenvalue weighted by Gasteiger charge is 2.49. The number of aryl methyl sites for hydroxylation is 2. The predicted molar refractivity (Wildman–Crippen MR) is 70.8 cm³/mol. The lowest BCUT2D eigenvalue weighted by atomic mass is 9.85. The maximum Gasteiger partial charge on any atom is 0.0441 e. The van der Waals surface area contributed by atoms with Gasteiger partial charge in [0.25, 0.3) is 0 Å². The van der Waals surface area contributed by atoms with Gasteiger partial charge >= 0.3 is 0 Å². The molecule has 1 heterocycles. The summed E-state index contributed by atoms with van der Waals surface area (Å²) in [5, 5.41) is 0. The third kappa shape index (κ3) is 2.12. The van der Waals surface area contributed by atoms with Gasteiger partial charge in [0.2, 0.25) is 0 Å². The van der Waals surface area contributed by atoms with Crippen LogP contribution in [0.4, 0.5) is 0 Å². The zero-order valence-corrected chi connectivity index (χ0v) is 10.9. The van der Waals surface area contributed by atoms with Gasteiger partial charge in [-0.2, -0.15) is 0 Å². The van der Waals surface area contributed by atoms with Crippen molar-refractivity contribution in [3.63, 3.8) is 0 Å². The van der Waals surface area contributed by atoms with Crippen LogP contribution < -0.4 is 5.73 Å². The summed E-state index contributed by atoms with van der Waals surface area (Å²) in [6.45, 7) is 7.61. The number of nitrogens with two attached hydrogens (primary N) is 1. The summed E-state index contributed by atoms with van der Waals surface area (Å²) in [7, 11) is 0. The average Bonchev–Trinajstić information content (AvgIpc) is 3.04. The van der Waals surface area contributed by atoms with Crippen LogP contribution in [-0.4, -0.2) is 23.5 Å². The van der Waals surface area contributed by atoms with E-state index in [4.69, 9.17) is 5.73 Å². The lowest BCUT2D eigenvalue weighted by Crippen LogP contribution is -2.68. The van der Waals surface area contributed by atoms with Gasteiger partial charge < -0.3 is 5.73 Å². The molecule has 1 aromatic rings. The summed E-state index contributed by atoms with van der Waals surface area (Å²) >= 11 is 0. The maximum absolute atomic E-state index is 6.38. The first-order chi connectivity index (χ1) is 8.07. The average molecular weight is 230 g/mol. The third-order valence-electron chi connectivity index (χ3n) is 4.32. The second kappa shape index (κ2) is 3.82. The number of hydrogen-bond donors (Lipinski definition) is 1. The van der Waals surface area contributed by atoms with E-state index < -0.39 is 0 Å². The molecule has 2 N–H and O–H groups in total. The fourth-order valence-corrected chi connectivity index (χ4v) is 3.03. The second-order valence-electron chi connectivity index (χ2n) is 6.08. The van der Waals surface area contributed by atoms with Crippen molar-refractivity contribution in [2.45, 2.75) is 38.8 Å². The Morgan fingerprint density at radius 3 is 2.65 bits per heavy atom. The zero-order valence-electron chi connectivity index (χ0n) is 10.9. The minimum atomic E-state index is 0.151. The Hall–Kier alpha value is -0.860. The normalized spacial score (nSPS) is 23.5. The first kappa shape index (κ1) is 11.2. The Balaban J connectivity index is 1.63. The molecular weight excluding hydrogens is 208 g/mol. The van der Waals surface area contributed by atoms with Crippen molar-refractivity contribution in [1.82, 2.24) is 4.90 Å². The predicted octanol–water partition coefficient (Wildman–Crippen LogP) is 2.23. The van der Waals surface area contributed by atoms with E-state index in [1.165, 1.54) is 29.5 Å². The van der Waals surface area contributed by atoms with E-state index >= 15 is 0 Å². The van der Waals surface area contributed by atoms with E-state index in [0.717, 1.165) is 25.6 Å². The molecule has 0 unspecified atom stereocenters. The standard InChI is InChI=1S/C15H22N2/c1-11-3-4-12(2)13(7-11)8-17-9-15(16,10-17)14-5-6-14/h3-4,7,14H,5-6,8-10,16H2,1-2H3. The topological polar surface area (TPSA) is 29.3 Å². The van der Waals surface area contributed by atoms with Crippen LogP contribution in [0, 0.1) is 19.8 Å². The molecule has 0 amide bonds. The van der Waals surface area contributed by atoms with Crippen molar-refractivity contribution in [1.29, 1.82) is 0 Å².